The Morgan fingerprint density at radius 2 is 2.00 bits per heavy atom. The van der Waals surface area contributed by atoms with Crippen LogP contribution in [0, 0.1) is 0 Å². The third kappa shape index (κ3) is 2.42. The van der Waals surface area contributed by atoms with E-state index in [9.17, 15) is 18.7 Å². The van der Waals surface area contributed by atoms with Gasteiger partial charge in [0.25, 0.3) is 6.43 Å². The number of pyridine rings is 1. The molecule has 1 aromatic carbocycles. The highest BCUT2D eigenvalue weighted by atomic mass is 35.5. The summed E-state index contributed by atoms with van der Waals surface area (Å²) in [5.41, 5.74) is 0.324. The molecule has 0 bridgehead atoms. The van der Waals surface area contributed by atoms with Crippen molar-refractivity contribution in [2.75, 3.05) is 0 Å². The topological polar surface area (TPSA) is 55.1 Å². The summed E-state index contributed by atoms with van der Waals surface area (Å²) in [6.07, 6.45) is -2.65. The molecule has 3 rings (SSSR count). The first-order chi connectivity index (χ1) is 10.5. The highest BCUT2D eigenvalue weighted by Crippen LogP contribution is 2.27. The Bertz CT molecular complexity index is 877. The van der Waals surface area contributed by atoms with Crippen LogP contribution in [0.1, 0.15) is 22.5 Å². The lowest BCUT2D eigenvalue weighted by molar-refractivity contribution is 0.0688. The average Bonchev–Trinajstić information content (AvgIpc) is 2.86. The summed E-state index contributed by atoms with van der Waals surface area (Å²) in [5, 5.41) is 10.1. The van der Waals surface area contributed by atoms with Gasteiger partial charge >= 0.3 is 5.97 Å². The maximum Gasteiger partial charge on any atom is 0.352 e. The third-order valence-electron chi connectivity index (χ3n) is 3.22. The van der Waals surface area contributed by atoms with Crippen LogP contribution >= 0.6 is 11.6 Å². The second kappa shape index (κ2) is 5.38. The number of hydrogen-bond acceptors (Lipinski definition) is 2. The van der Waals surface area contributed by atoms with Crippen LogP contribution in [-0.4, -0.2) is 20.6 Å². The van der Waals surface area contributed by atoms with E-state index >= 15 is 0 Å². The van der Waals surface area contributed by atoms with E-state index in [1.54, 1.807) is 12.1 Å². The van der Waals surface area contributed by atoms with Crippen molar-refractivity contribution in [3.05, 3.63) is 58.9 Å². The Kier molecular flexibility index (Phi) is 3.54. The van der Waals surface area contributed by atoms with E-state index in [4.69, 9.17) is 11.6 Å². The summed E-state index contributed by atoms with van der Waals surface area (Å²) in [6.45, 7) is 0. The zero-order valence-electron chi connectivity index (χ0n) is 11.0. The summed E-state index contributed by atoms with van der Waals surface area (Å²) >= 11 is 5.86. The molecule has 0 aliphatic heterocycles. The monoisotopic (exact) mass is 322 g/mol. The van der Waals surface area contributed by atoms with E-state index in [1.807, 2.05) is 0 Å². The zero-order chi connectivity index (χ0) is 15.9. The maximum atomic E-state index is 12.9. The van der Waals surface area contributed by atoms with Crippen molar-refractivity contribution in [3.8, 4) is 5.69 Å². The summed E-state index contributed by atoms with van der Waals surface area (Å²) in [7, 11) is 0. The predicted octanol–water partition coefficient (Wildman–Crippen LogP) is 4.31. The van der Waals surface area contributed by atoms with Crippen LogP contribution in [-0.2, 0) is 0 Å². The Hall–Kier alpha value is -2.47. The van der Waals surface area contributed by atoms with E-state index in [1.165, 1.54) is 34.9 Å². The molecular formula is C15H9ClF2N2O2. The molecule has 0 amide bonds. The number of aromatic nitrogens is 2. The molecule has 0 saturated carbocycles. The Morgan fingerprint density at radius 1 is 1.23 bits per heavy atom. The van der Waals surface area contributed by atoms with Gasteiger partial charge in [0.2, 0.25) is 0 Å². The molecule has 3 aromatic rings. The minimum absolute atomic E-state index is 0.0730. The fraction of sp³-hybridized carbons (Fsp3) is 0.0667. The number of carbonyl (C=O) groups is 1. The fourth-order valence-electron chi connectivity index (χ4n) is 2.27. The molecular weight excluding hydrogens is 314 g/mol. The molecule has 0 aliphatic rings. The Balaban J connectivity index is 2.33. The smallest absolute Gasteiger partial charge is 0.352 e. The van der Waals surface area contributed by atoms with Gasteiger partial charge in [0.05, 0.1) is 0 Å². The lowest BCUT2D eigenvalue weighted by Crippen LogP contribution is -2.07. The molecule has 7 heteroatoms. The zero-order valence-corrected chi connectivity index (χ0v) is 11.8. The fourth-order valence-corrected chi connectivity index (χ4v) is 2.42. The quantitative estimate of drug-likeness (QED) is 0.731. The van der Waals surface area contributed by atoms with Gasteiger partial charge in [-0.2, -0.15) is 0 Å². The van der Waals surface area contributed by atoms with Gasteiger partial charge in [0, 0.05) is 16.6 Å². The second-order valence-electron chi connectivity index (χ2n) is 4.61. The van der Waals surface area contributed by atoms with Crippen molar-refractivity contribution < 1.29 is 18.7 Å². The highest BCUT2D eigenvalue weighted by molar-refractivity contribution is 6.29. The van der Waals surface area contributed by atoms with E-state index in [-0.39, 0.29) is 16.4 Å². The van der Waals surface area contributed by atoms with Crippen LogP contribution in [0.4, 0.5) is 8.78 Å². The molecule has 0 unspecified atom stereocenters. The Morgan fingerprint density at radius 3 is 2.68 bits per heavy atom. The summed E-state index contributed by atoms with van der Waals surface area (Å²) in [4.78, 5) is 15.5. The van der Waals surface area contributed by atoms with Crippen LogP contribution in [0.25, 0.3) is 16.7 Å². The van der Waals surface area contributed by atoms with Gasteiger partial charge in [0.15, 0.2) is 0 Å². The number of aromatic carboxylic acids is 1. The molecule has 0 fully saturated rings. The molecule has 1 N–H and O–H groups in total. The summed E-state index contributed by atoms with van der Waals surface area (Å²) < 4.78 is 27.0. The molecule has 112 valence electrons. The van der Waals surface area contributed by atoms with E-state index in [0.717, 1.165) is 0 Å². The van der Waals surface area contributed by atoms with Crippen molar-refractivity contribution in [3.63, 3.8) is 0 Å². The van der Waals surface area contributed by atoms with Crippen molar-refractivity contribution in [2.24, 2.45) is 0 Å². The van der Waals surface area contributed by atoms with Gasteiger partial charge in [-0.1, -0.05) is 23.7 Å². The number of benzene rings is 1. The van der Waals surface area contributed by atoms with Crippen molar-refractivity contribution in [1.29, 1.82) is 0 Å². The first kappa shape index (κ1) is 14.5. The SMILES string of the molecule is O=C(O)c1cc2ccc(Cl)nc2n1-c1cccc(C(F)F)c1. The number of rotatable bonds is 3. The average molecular weight is 323 g/mol. The van der Waals surface area contributed by atoms with Crippen LogP contribution < -0.4 is 0 Å². The van der Waals surface area contributed by atoms with Gasteiger partial charge in [-0.3, -0.25) is 4.57 Å². The first-order valence-corrected chi connectivity index (χ1v) is 6.65. The van der Waals surface area contributed by atoms with Crippen molar-refractivity contribution in [2.45, 2.75) is 6.43 Å². The van der Waals surface area contributed by atoms with Crippen LogP contribution in [0.15, 0.2) is 42.5 Å². The largest absolute Gasteiger partial charge is 0.477 e. The third-order valence-corrected chi connectivity index (χ3v) is 3.43. The molecule has 0 spiro atoms. The molecule has 2 heterocycles. The van der Waals surface area contributed by atoms with Crippen LogP contribution in [0.2, 0.25) is 5.15 Å². The van der Waals surface area contributed by atoms with Crippen molar-refractivity contribution in [1.82, 2.24) is 9.55 Å². The molecule has 2 aromatic heterocycles. The van der Waals surface area contributed by atoms with E-state index in [0.29, 0.717) is 16.7 Å². The number of fused-ring (bicyclic) bond motifs is 1. The molecule has 0 saturated heterocycles. The number of hydrogen-bond donors (Lipinski definition) is 1. The highest BCUT2D eigenvalue weighted by Gasteiger charge is 2.18. The summed E-state index contributed by atoms with van der Waals surface area (Å²) in [5.74, 6) is -1.18. The maximum absolute atomic E-state index is 12.9. The standard InChI is InChI=1S/C15H9ClF2N2O2/c16-12-5-4-9-7-11(15(21)22)20(14(9)19-12)10-3-1-2-8(6-10)13(17)18/h1-7,13H,(H,21,22). The minimum atomic E-state index is -2.65. The summed E-state index contributed by atoms with van der Waals surface area (Å²) in [6, 6.07) is 10.1. The lowest BCUT2D eigenvalue weighted by Gasteiger charge is -2.09. The van der Waals surface area contributed by atoms with E-state index < -0.39 is 12.4 Å². The van der Waals surface area contributed by atoms with Gasteiger partial charge in [-0.05, 0) is 30.3 Å². The number of carboxylic acids is 1. The minimum Gasteiger partial charge on any atom is -0.477 e. The van der Waals surface area contributed by atoms with Crippen molar-refractivity contribution >= 4 is 28.6 Å². The number of carboxylic acid groups (broad SMARTS) is 1. The Labute approximate surface area is 128 Å². The molecule has 0 aliphatic carbocycles. The number of halogens is 3. The predicted molar refractivity (Wildman–Crippen MR) is 78.0 cm³/mol. The molecule has 22 heavy (non-hydrogen) atoms. The first-order valence-electron chi connectivity index (χ1n) is 6.27. The van der Waals surface area contributed by atoms with Gasteiger partial charge in [-0.15, -0.1) is 0 Å². The molecule has 4 nitrogen and oxygen atoms in total. The lowest BCUT2D eigenvalue weighted by atomic mass is 10.2. The van der Waals surface area contributed by atoms with Crippen LogP contribution in [0.3, 0.4) is 0 Å². The molecule has 0 radical (unpaired) electrons. The second-order valence-corrected chi connectivity index (χ2v) is 5.00. The van der Waals surface area contributed by atoms with Gasteiger partial charge in [0.1, 0.15) is 16.5 Å². The van der Waals surface area contributed by atoms with Gasteiger partial charge in [-0.25, -0.2) is 18.6 Å². The number of alkyl halides is 2. The number of nitrogens with zero attached hydrogens (tertiary/aromatic N) is 2. The molecule has 0 atom stereocenters. The normalized spacial score (nSPS) is 11.3. The van der Waals surface area contributed by atoms with E-state index in [2.05, 4.69) is 4.98 Å². The van der Waals surface area contributed by atoms with Gasteiger partial charge < -0.3 is 5.11 Å². The van der Waals surface area contributed by atoms with Crippen LogP contribution in [0.5, 0.6) is 0 Å².